The van der Waals surface area contributed by atoms with Crippen molar-refractivity contribution in [1.82, 2.24) is 4.98 Å². The van der Waals surface area contributed by atoms with Crippen LogP contribution in [0.15, 0.2) is 46.5 Å². The zero-order chi connectivity index (χ0) is 13.1. The molecule has 1 heterocycles. The molecule has 94 valence electrons. The molecule has 0 spiro atoms. The van der Waals surface area contributed by atoms with Gasteiger partial charge in [-0.3, -0.25) is 0 Å². The Kier molecular flexibility index (Phi) is 4.51. The van der Waals surface area contributed by atoms with Crippen LogP contribution in [0, 0.1) is 0 Å². The molecular weight excluding hydrogens is 287 g/mol. The van der Waals surface area contributed by atoms with Gasteiger partial charge in [0.1, 0.15) is 5.03 Å². The molecule has 1 aromatic heterocycles. The summed E-state index contributed by atoms with van der Waals surface area (Å²) in [5.74, 6) is 0. The second-order valence-corrected chi connectivity index (χ2v) is 5.80. The first-order chi connectivity index (χ1) is 8.56. The molecule has 1 atom stereocenters. The number of benzene rings is 1. The summed E-state index contributed by atoms with van der Waals surface area (Å²) in [4.78, 5) is 5.30. The Morgan fingerprint density at radius 2 is 1.94 bits per heavy atom. The highest BCUT2D eigenvalue weighted by atomic mass is 35.5. The second-order valence-electron chi connectivity index (χ2n) is 3.89. The van der Waals surface area contributed by atoms with Gasteiger partial charge in [0.2, 0.25) is 0 Å². The molecule has 2 nitrogen and oxygen atoms in total. The van der Waals surface area contributed by atoms with Gasteiger partial charge in [-0.15, -0.1) is 0 Å². The molecule has 0 amide bonds. The van der Waals surface area contributed by atoms with Crippen LogP contribution in [0.4, 0.5) is 0 Å². The lowest BCUT2D eigenvalue weighted by Crippen LogP contribution is -2.04. The SMILES string of the molecule is C[C@@H](N)c1ccnc(Sc2ccc(Cl)c(Cl)c2)c1. The minimum absolute atomic E-state index is 0.00107. The fraction of sp³-hybridized carbons (Fsp3) is 0.154. The number of aromatic nitrogens is 1. The third kappa shape index (κ3) is 3.39. The van der Waals surface area contributed by atoms with Crippen molar-refractivity contribution in [3.8, 4) is 0 Å². The molecule has 0 fully saturated rings. The van der Waals surface area contributed by atoms with Gasteiger partial charge in [0.25, 0.3) is 0 Å². The molecule has 0 radical (unpaired) electrons. The lowest BCUT2D eigenvalue weighted by molar-refractivity contribution is 0.808. The summed E-state index contributed by atoms with van der Waals surface area (Å²) in [5, 5.41) is 1.99. The fourth-order valence-electron chi connectivity index (χ4n) is 1.42. The van der Waals surface area contributed by atoms with Crippen LogP contribution < -0.4 is 5.73 Å². The largest absolute Gasteiger partial charge is 0.324 e. The molecule has 0 aliphatic heterocycles. The van der Waals surface area contributed by atoms with Crippen LogP contribution in [-0.2, 0) is 0 Å². The number of halogens is 2. The van der Waals surface area contributed by atoms with Gasteiger partial charge >= 0.3 is 0 Å². The molecule has 0 bridgehead atoms. The maximum absolute atomic E-state index is 5.98. The molecule has 18 heavy (non-hydrogen) atoms. The molecule has 1 aromatic carbocycles. The second kappa shape index (κ2) is 5.93. The van der Waals surface area contributed by atoms with Crippen molar-refractivity contribution in [2.24, 2.45) is 5.73 Å². The zero-order valence-corrected chi connectivity index (χ0v) is 12.1. The maximum atomic E-state index is 5.98. The minimum atomic E-state index is 0.00107. The molecule has 0 aliphatic carbocycles. The van der Waals surface area contributed by atoms with E-state index in [1.807, 2.05) is 31.2 Å². The van der Waals surface area contributed by atoms with E-state index in [1.165, 1.54) is 11.8 Å². The highest BCUT2D eigenvalue weighted by Gasteiger charge is 2.05. The molecule has 0 saturated heterocycles. The number of nitrogens with two attached hydrogens (primary N) is 1. The van der Waals surface area contributed by atoms with Gasteiger partial charge in [-0.25, -0.2) is 4.98 Å². The molecule has 0 saturated carbocycles. The fourth-order valence-corrected chi connectivity index (χ4v) is 2.65. The molecule has 0 unspecified atom stereocenters. The van der Waals surface area contributed by atoms with Crippen LogP contribution in [0.5, 0.6) is 0 Å². The van der Waals surface area contributed by atoms with Crippen LogP contribution >= 0.6 is 35.0 Å². The van der Waals surface area contributed by atoms with E-state index >= 15 is 0 Å². The molecular formula is C13H12Cl2N2S. The smallest absolute Gasteiger partial charge is 0.101 e. The Balaban J connectivity index is 2.23. The normalized spacial score (nSPS) is 12.4. The Bertz CT molecular complexity index is 558. The molecule has 5 heteroatoms. The van der Waals surface area contributed by atoms with E-state index < -0.39 is 0 Å². The third-order valence-electron chi connectivity index (χ3n) is 2.40. The van der Waals surface area contributed by atoms with Crippen LogP contribution in [0.1, 0.15) is 18.5 Å². The van der Waals surface area contributed by atoms with Crippen LogP contribution in [0.2, 0.25) is 10.0 Å². The van der Waals surface area contributed by atoms with Gasteiger partial charge in [0.15, 0.2) is 0 Å². The quantitative estimate of drug-likeness (QED) is 0.903. The number of pyridine rings is 1. The van der Waals surface area contributed by atoms with Gasteiger partial charge < -0.3 is 5.73 Å². The highest BCUT2D eigenvalue weighted by molar-refractivity contribution is 7.99. The van der Waals surface area contributed by atoms with Crippen molar-refractivity contribution in [3.63, 3.8) is 0 Å². The topological polar surface area (TPSA) is 38.9 Å². The van der Waals surface area contributed by atoms with E-state index in [-0.39, 0.29) is 6.04 Å². The van der Waals surface area contributed by atoms with E-state index in [2.05, 4.69) is 4.98 Å². The summed E-state index contributed by atoms with van der Waals surface area (Å²) >= 11 is 13.4. The van der Waals surface area contributed by atoms with Crippen molar-refractivity contribution in [2.75, 3.05) is 0 Å². The standard InChI is InChI=1S/C13H12Cl2N2S/c1-8(16)9-4-5-17-13(6-9)18-10-2-3-11(14)12(15)7-10/h2-8H,16H2,1H3/t8-/m1/s1. The van der Waals surface area contributed by atoms with Crippen LogP contribution in [-0.4, -0.2) is 4.98 Å². The van der Waals surface area contributed by atoms with Crippen LogP contribution in [0.3, 0.4) is 0 Å². The summed E-state index contributed by atoms with van der Waals surface area (Å²) in [6.07, 6.45) is 1.76. The monoisotopic (exact) mass is 298 g/mol. The Morgan fingerprint density at radius 1 is 1.17 bits per heavy atom. The van der Waals surface area contributed by atoms with Gasteiger partial charge in [-0.05, 0) is 42.8 Å². The molecule has 2 aromatic rings. The number of rotatable bonds is 3. The zero-order valence-electron chi connectivity index (χ0n) is 9.73. The summed E-state index contributed by atoms with van der Waals surface area (Å²) < 4.78 is 0. The minimum Gasteiger partial charge on any atom is -0.324 e. The van der Waals surface area contributed by atoms with E-state index in [0.29, 0.717) is 10.0 Å². The summed E-state index contributed by atoms with van der Waals surface area (Å²) in [6, 6.07) is 9.43. The number of hydrogen-bond acceptors (Lipinski definition) is 3. The summed E-state index contributed by atoms with van der Waals surface area (Å²) in [5.41, 5.74) is 6.91. The van der Waals surface area contributed by atoms with Crippen molar-refractivity contribution in [2.45, 2.75) is 22.9 Å². The first kappa shape index (κ1) is 13.7. The average Bonchev–Trinajstić information content (AvgIpc) is 2.34. The van der Waals surface area contributed by atoms with Crippen molar-refractivity contribution in [3.05, 3.63) is 52.1 Å². The summed E-state index contributed by atoms with van der Waals surface area (Å²) in [7, 11) is 0. The highest BCUT2D eigenvalue weighted by Crippen LogP contribution is 2.32. The van der Waals surface area contributed by atoms with E-state index in [0.717, 1.165) is 15.5 Å². The molecule has 2 N–H and O–H groups in total. The summed E-state index contributed by atoms with van der Waals surface area (Å²) in [6.45, 7) is 1.95. The first-order valence-corrected chi connectivity index (χ1v) is 6.98. The lowest BCUT2D eigenvalue weighted by atomic mass is 10.1. The van der Waals surface area contributed by atoms with Gasteiger partial charge in [-0.2, -0.15) is 0 Å². The van der Waals surface area contributed by atoms with Gasteiger partial charge in [0, 0.05) is 17.1 Å². The average molecular weight is 299 g/mol. The van der Waals surface area contributed by atoms with E-state index in [1.54, 1.807) is 12.3 Å². The van der Waals surface area contributed by atoms with Crippen molar-refractivity contribution in [1.29, 1.82) is 0 Å². The predicted octanol–water partition coefficient (Wildman–Crippen LogP) is 4.56. The van der Waals surface area contributed by atoms with E-state index in [9.17, 15) is 0 Å². The Labute approximate surface area is 121 Å². The molecule has 2 rings (SSSR count). The van der Waals surface area contributed by atoms with Gasteiger partial charge in [0.05, 0.1) is 10.0 Å². The van der Waals surface area contributed by atoms with Crippen molar-refractivity contribution >= 4 is 35.0 Å². The maximum Gasteiger partial charge on any atom is 0.101 e. The number of hydrogen-bond donors (Lipinski definition) is 1. The predicted molar refractivity (Wildman–Crippen MR) is 77.4 cm³/mol. The Morgan fingerprint density at radius 3 is 2.61 bits per heavy atom. The Hall–Kier alpha value is -0.740. The first-order valence-electron chi connectivity index (χ1n) is 5.40. The van der Waals surface area contributed by atoms with E-state index in [4.69, 9.17) is 28.9 Å². The lowest BCUT2D eigenvalue weighted by Gasteiger charge is -2.07. The van der Waals surface area contributed by atoms with Gasteiger partial charge in [-0.1, -0.05) is 35.0 Å². The third-order valence-corrected chi connectivity index (χ3v) is 4.06. The van der Waals surface area contributed by atoms with Crippen LogP contribution in [0.25, 0.3) is 0 Å². The molecule has 0 aliphatic rings. The van der Waals surface area contributed by atoms with Crippen molar-refractivity contribution < 1.29 is 0 Å². The number of nitrogens with zero attached hydrogens (tertiary/aromatic N) is 1.